The summed E-state index contributed by atoms with van der Waals surface area (Å²) in [4.78, 5) is 2.86. The van der Waals surface area contributed by atoms with Gasteiger partial charge in [-0.3, -0.25) is 4.90 Å². The molecule has 0 radical (unpaired) electrons. The van der Waals surface area contributed by atoms with E-state index in [0.29, 0.717) is 0 Å². The van der Waals surface area contributed by atoms with Crippen LogP contribution in [0.5, 0.6) is 0 Å². The average Bonchev–Trinajstić information content (AvgIpc) is 3.05. The lowest BCUT2D eigenvalue weighted by Crippen LogP contribution is -2.35. The Labute approximate surface area is 111 Å². The van der Waals surface area contributed by atoms with Crippen LogP contribution >= 0.6 is 0 Å². The van der Waals surface area contributed by atoms with E-state index in [2.05, 4.69) is 22.6 Å². The second-order valence-electron chi connectivity index (χ2n) is 7.23. The molecule has 2 N–H and O–H groups in total. The highest BCUT2D eigenvalue weighted by Crippen LogP contribution is 2.43. The smallest absolute Gasteiger partial charge is 0.0102 e. The summed E-state index contributed by atoms with van der Waals surface area (Å²) < 4.78 is 0. The molecule has 0 aromatic carbocycles. The van der Waals surface area contributed by atoms with Crippen molar-refractivity contribution in [1.82, 2.24) is 15.5 Å². The lowest BCUT2D eigenvalue weighted by Gasteiger charge is -2.26. The van der Waals surface area contributed by atoms with Crippen LogP contribution in [-0.4, -0.2) is 50.2 Å². The van der Waals surface area contributed by atoms with E-state index in [1.54, 1.807) is 0 Å². The molecule has 4 unspecified atom stereocenters. The van der Waals surface area contributed by atoms with Crippen molar-refractivity contribution in [2.24, 2.45) is 23.7 Å². The van der Waals surface area contributed by atoms with Crippen LogP contribution in [-0.2, 0) is 0 Å². The maximum atomic E-state index is 3.56. The molecule has 2 saturated heterocycles. The summed E-state index contributed by atoms with van der Waals surface area (Å²) in [6, 6.07) is 1.75. The maximum Gasteiger partial charge on any atom is 0.0102 e. The van der Waals surface area contributed by atoms with Gasteiger partial charge in [0.1, 0.15) is 0 Å². The van der Waals surface area contributed by atoms with Gasteiger partial charge in [-0.1, -0.05) is 0 Å². The Bertz CT molecular complexity index is 293. The molecule has 3 heteroatoms. The number of hydrogen-bond donors (Lipinski definition) is 2. The Morgan fingerprint density at radius 3 is 2.06 bits per heavy atom. The summed E-state index contributed by atoms with van der Waals surface area (Å²) in [6.45, 7) is 5.40. The van der Waals surface area contributed by atoms with Gasteiger partial charge in [0.05, 0.1) is 0 Å². The maximum absolute atomic E-state index is 3.56. The molecule has 4 atom stereocenters. The van der Waals surface area contributed by atoms with Gasteiger partial charge in [-0.15, -0.1) is 0 Å². The molecule has 3 nitrogen and oxygen atoms in total. The highest BCUT2D eigenvalue weighted by atomic mass is 15.2. The highest BCUT2D eigenvalue weighted by molar-refractivity contribution is 5.00. The molecule has 0 aromatic heterocycles. The molecule has 4 rings (SSSR count). The van der Waals surface area contributed by atoms with Gasteiger partial charge in [-0.25, -0.2) is 0 Å². The normalized spacial score (nSPS) is 51.8. The van der Waals surface area contributed by atoms with E-state index in [1.165, 1.54) is 51.9 Å². The van der Waals surface area contributed by atoms with Crippen LogP contribution in [0.15, 0.2) is 0 Å². The van der Waals surface area contributed by atoms with Gasteiger partial charge < -0.3 is 10.6 Å². The minimum Gasteiger partial charge on any atom is -0.317 e. The first-order valence-electron chi connectivity index (χ1n) is 7.95. The zero-order valence-corrected chi connectivity index (χ0v) is 11.6. The van der Waals surface area contributed by atoms with Gasteiger partial charge >= 0.3 is 0 Å². The summed E-state index contributed by atoms with van der Waals surface area (Å²) in [7, 11) is 2.13. The second kappa shape index (κ2) is 4.46. The Morgan fingerprint density at radius 2 is 1.50 bits per heavy atom. The van der Waals surface area contributed by atoms with Crippen LogP contribution in [0.3, 0.4) is 0 Å². The molecule has 2 heterocycles. The highest BCUT2D eigenvalue weighted by Gasteiger charge is 2.46. The van der Waals surface area contributed by atoms with E-state index < -0.39 is 0 Å². The summed E-state index contributed by atoms with van der Waals surface area (Å²) in [5, 5.41) is 7.04. The first-order valence-corrected chi connectivity index (χ1v) is 7.95. The first-order chi connectivity index (χ1) is 8.83. The average molecular weight is 249 g/mol. The number of likely N-dealkylation sites (tertiary alicyclic amines) is 1. The first kappa shape index (κ1) is 11.7. The van der Waals surface area contributed by atoms with E-state index in [4.69, 9.17) is 0 Å². The van der Waals surface area contributed by atoms with Gasteiger partial charge in [-0.05, 0) is 69.5 Å². The summed E-state index contributed by atoms with van der Waals surface area (Å²) in [6.07, 6.45) is 5.82. The Morgan fingerprint density at radius 1 is 0.889 bits per heavy atom. The van der Waals surface area contributed by atoms with Gasteiger partial charge in [0.15, 0.2) is 0 Å². The zero-order chi connectivity index (χ0) is 12.1. The van der Waals surface area contributed by atoms with Crippen molar-refractivity contribution in [2.45, 2.75) is 37.8 Å². The Kier molecular flexibility index (Phi) is 2.90. The third kappa shape index (κ3) is 1.83. The zero-order valence-electron chi connectivity index (χ0n) is 11.6. The number of nitrogens with one attached hydrogen (secondary N) is 2. The van der Waals surface area contributed by atoms with E-state index in [9.17, 15) is 0 Å². The monoisotopic (exact) mass is 249 g/mol. The second-order valence-corrected chi connectivity index (χ2v) is 7.23. The van der Waals surface area contributed by atoms with Gasteiger partial charge in [0.2, 0.25) is 0 Å². The predicted molar refractivity (Wildman–Crippen MR) is 73.5 cm³/mol. The molecule has 18 heavy (non-hydrogen) atoms. The predicted octanol–water partition coefficient (Wildman–Crippen LogP) is 0.914. The fraction of sp³-hybridized carbons (Fsp3) is 1.00. The molecular weight excluding hydrogens is 222 g/mol. The SMILES string of the molecule is CNC1CC2CN(C3CC4CNCC4C3)CC2C1. The van der Waals surface area contributed by atoms with Crippen LogP contribution in [0.25, 0.3) is 0 Å². The van der Waals surface area contributed by atoms with Crippen molar-refractivity contribution in [3.05, 3.63) is 0 Å². The van der Waals surface area contributed by atoms with Crippen LogP contribution in [0.1, 0.15) is 25.7 Å². The van der Waals surface area contributed by atoms with E-state index in [0.717, 1.165) is 35.8 Å². The van der Waals surface area contributed by atoms with Gasteiger partial charge in [0, 0.05) is 25.2 Å². The van der Waals surface area contributed by atoms with E-state index >= 15 is 0 Å². The minimum absolute atomic E-state index is 0.814. The molecule has 102 valence electrons. The van der Waals surface area contributed by atoms with Crippen molar-refractivity contribution >= 4 is 0 Å². The Balaban J connectivity index is 1.36. The lowest BCUT2D eigenvalue weighted by molar-refractivity contribution is 0.215. The van der Waals surface area contributed by atoms with Crippen molar-refractivity contribution in [2.75, 3.05) is 33.2 Å². The number of nitrogens with zero attached hydrogens (tertiary/aromatic N) is 1. The molecule has 0 aromatic rings. The molecular formula is C15H27N3. The van der Waals surface area contributed by atoms with Crippen molar-refractivity contribution in [3.8, 4) is 0 Å². The van der Waals surface area contributed by atoms with Crippen LogP contribution in [0, 0.1) is 23.7 Å². The van der Waals surface area contributed by atoms with Crippen LogP contribution in [0.4, 0.5) is 0 Å². The number of hydrogen-bond acceptors (Lipinski definition) is 3. The number of fused-ring (bicyclic) bond motifs is 2. The molecule has 2 saturated carbocycles. The third-order valence-corrected chi connectivity index (χ3v) is 6.33. The Hall–Kier alpha value is -0.120. The van der Waals surface area contributed by atoms with Crippen molar-refractivity contribution < 1.29 is 0 Å². The standard InChI is InChI=1S/C15H27N3/c1-16-14-2-12-8-18(9-13(12)3-14)15-4-10-6-17-7-11(10)5-15/h10-17H,2-9H2,1H3. The number of rotatable bonds is 2. The van der Waals surface area contributed by atoms with E-state index in [1.807, 2.05) is 0 Å². The quantitative estimate of drug-likeness (QED) is 0.762. The van der Waals surface area contributed by atoms with Gasteiger partial charge in [0.25, 0.3) is 0 Å². The van der Waals surface area contributed by atoms with Crippen LogP contribution in [0.2, 0.25) is 0 Å². The molecule has 0 spiro atoms. The third-order valence-electron chi connectivity index (χ3n) is 6.33. The van der Waals surface area contributed by atoms with Crippen LogP contribution < -0.4 is 10.6 Å². The van der Waals surface area contributed by atoms with Gasteiger partial charge in [-0.2, -0.15) is 0 Å². The minimum atomic E-state index is 0.814. The molecule has 0 bridgehead atoms. The van der Waals surface area contributed by atoms with Crippen molar-refractivity contribution in [1.29, 1.82) is 0 Å². The molecule has 4 fully saturated rings. The fourth-order valence-corrected chi connectivity index (χ4v) is 5.30. The molecule has 4 aliphatic rings. The van der Waals surface area contributed by atoms with Crippen molar-refractivity contribution in [3.63, 3.8) is 0 Å². The summed E-state index contributed by atoms with van der Waals surface area (Å²) >= 11 is 0. The summed E-state index contributed by atoms with van der Waals surface area (Å²) in [5.41, 5.74) is 0. The fourth-order valence-electron chi connectivity index (χ4n) is 5.30. The lowest BCUT2D eigenvalue weighted by atomic mass is 10.0. The van der Waals surface area contributed by atoms with E-state index in [-0.39, 0.29) is 0 Å². The molecule has 2 aliphatic carbocycles. The summed E-state index contributed by atoms with van der Waals surface area (Å²) in [5.74, 6) is 4.00. The molecule has 0 amide bonds. The largest absolute Gasteiger partial charge is 0.317 e. The topological polar surface area (TPSA) is 27.3 Å². The molecule has 2 aliphatic heterocycles.